The molecule has 1 fully saturated rings. The zero-order valence-corrected chi connectivity index (χ0v) is 12.2. The number of carbonyl (C=O) groups excluding carboxylic acids is 1. The summed E-state index contributed by atoms with van der Waals surface area (Å²) in [5, 5.41) is 14.2. The lowest BCUT2D eigenvalue weighted by atomic mass is 10.1. The Bertz CT molecular complexity index is 304. The molecule has 6 nitrogen and oxygen atoms in total. The van der Waals surface area contributed by atoms with Crippen LogP contribution >= 0.6 is 0 Å². The van der Waals surface area contributed by atoms with Crippen molar-refractivity contribution < 1.29 is 19.4 Å². The van der Waals surface area contributed by atoms with Gasteiger partial charge in [-0.2, -0.15) is 0 Å². The Hall–Kier alpha value is -1.30. The van der Waals surface area contributed by atoms with Crippen molar-refractivity contribution in [3.63, 3.8) is 0 Å². The predicted octanol–water partition coefficient (Wildman–Crippen LogP) is 1.75. The Kier molecular flexibility index (Phi) is 8.02. The second-order valence-corrected chi connectivity index (χ2v) is 5.34. The van der Waals surface area contributed by atoms with Crippen LogP contribution in [-0.4, -0.2) is 42.9 Å². The minimum Gasteiger partial charge on any atom is -0.481 e. The molecule has 0 spiro atoms. The molecular weight excluding hydrogens is 260 g/mol. The SMILES string of the molecule is CC(CCCNC(=O)NCCC1CCCCO1)C(=O)O. The molecule has 1 aliphatic rings. The van der Waals surface area contributed by atoms with E-state index in [1.54, 1.807) is 6.92 Å². The summed E-state index contributed by atoms with van der Waals surface area (Å²) in [5.41, 5.74) is 0. The first-order valence-corrected chi connectivity index (χ1v) is 7.45. The highest BCUT2D eigenvalue weighted by Gasteiger charge is 2.13. The molecule has 2 unspecified atom stereocenters. The maximum Gasteiger partial charge on any atom is 0.314 e. The minimum atomic E-state index is -0.790. The van der Waals surface area contributed by atoms with Gasteiger partial charge in [-0.3, -0.25) is 4.79 Å². The maximum atomic E-state index is 11.5. The third kappa shape index (κ3) is 7.33. The Morgan fingerprint density at radius 2 is 2.05 bits per heavy atom. The predicted molar refractivity (Wildman–Crippen MR) is 75.6 cm³/mol. The summed E-state index contributed by atoms with van der Waals surface area (Å²) >= 11 is 0. The molecule has 0 aliphatic carbocycles. The van der Waals surface area contributed by atoms with Crippen LogP contribution in [0.15, 0.2) is 0 Å². The van der Waals surface area contributed by atoms with Crippen LogP contribution in [0.5, 0.6) is 0 Å². The van der Waals surface area contributed by atoms with Crippen LogP contribution in [0.3, 0.4) is 0 Å². The fourth-order valence-electron chi connectivity index (χ4n) is 2.18. The van der Waals surface area contributed by atoms with Gasteiger partial charge in [0.15, 0.2) is 0 Å². The van der Waals surface area contributed by atoms with Crippen molar-refractivity contribution in [2.75, 3.05) is 19.7 Å². The smallest absolute Gasteiger partial charge is 0.314 e. The average molecular weight is 286 g/mol. The van der Waals surface area contributed by atoms with E-state index in [1.165, 1.54) is 6.42 Å². The van der Waals surface area contributed by atoms with E-state index in [2.05, 4.69) is 10.6 Å². The third-order valence-electron chi connectivity index (χ3n) is 3.55. The van der Waals surface area contributed by atoms with E-state index in [4.69, 9.17) is 9.84 Å². The van der Waals surface area contributed by atoms with Crippen molar-refractivity contribution in [3.8, 4) is 0 Å². The summed E-state index contributed by atoms with van der Waals surface area (Å²) in [7, 11) is 0. The number of amides is 2. The van der Waals surface area contributed by atoms with Crippen LogP contribution in [0.2, 0.25) is 0 Å². The van der Waals surface area contributed by atoms with Gasteiger partial charge in [0.05, 0.1) is 12.0 Å². The van der Waals surface area contributed by atoms with Crippen LogP contribution in [0.25, 0.3) is 0 Å². The number of nitrogens with one attached hydrogen (secondary N) is 2. The van der Waals surface area contributed by atoms with Crippen molar-refractivity contribution in [2.45, 2.75) is 51.6 Å². The standard InChI is InChI=1S/C14H26N2O4/c1-11(13(17)18)5-4-8-15-14(19)16-9-7-12-6-2-3-10-20-12/h11-12H,2-10H2,1H3,(H,17,18)(H2,15,16,19). The Morgan fingerprint density at radius 3 is 2.70 bits per heavy atom. The van der Waals surface area contributed by atoms with Crippen molar-refractivity contribution >= 4 is 12.0 Å². The van der Waals surface area contributed by atoms with Crippen molar-refractivity contribution in [1.29, 1.82) is 0 Å². The van der Waals surface area contributed by atoms with E-state index in [0.717, 1.165) is 25.9 Å². The number of carboxylic acids is 1. The third-order valence-corrected chi connectivity index (χ3v) is 3.55. The normalized spacial score (nSPS) is 20.1. The van der Waals surface area contributed by atoms with Gasteiger partial charge < -0.3 is 20.5 Å². The number of hydrogen-bond acceptors (Lipinski definition) is 3. The van der Waals surface area contributed by atoms with E-state index < -0.39 is 5.97 Å². The van der Waals surface area contributed by atoms with Gasteiger partial charge in [0.25, 0.3) is 0 Å². The van der Waals surface area contributed by atoms with Crippen LogP contribution in [0, 0.1) is 5.92 Å². The van der Waals surface area contributed by atoms with Gasteiger partial charge >= 0.3 is 12.0 Å². The van der Waals surface area contributed by atoms with Crippen LogP contribution < -0.4 is 10.6 Å². The molecule has 1 aliphatic heterocycles. The average Bonchev–Trinajstić information content (AvgIpc) is 2.44. The Labute approximate surface area is 120 Å². The van der Waals surface area contributed by atoms with Gasteiger partial charge in [0, 0.05) is 19.7 Å². The summed E-state index contributed by atoms with van der Waals surface area (Å²) in [6.07, 6.45) is 5.80. The monoisotopic (exact) mass is 286 g/mol. The summed E-state index contributed by atoms with van der Waals surface area (Å²) in [6, 6.07) is -0.191. The summed E-state index contributed by atoms with van der Waals surface area (Å²) in [6.45, 7) is 3.62. The Balaban J connectivity index is 1.96. The van der Waals surface area contributed by atoms with E-state index in [0.29, 0.717) is 25.9 Å². The molecule has 0 aromatic heterocycles. The van der Waals surface area contributed by atoms with Crippen molar-refractivity contribution in [3.05, 3.63) is 0 Å². The van der Waals surface area contributed by atoms with E-state index in [1.807, 2.05) is 0 Å². The number of urea groups is 1. The molecular formula is C14H26N2O4. The molecule has 116 valence electrons. The fourth-order valence-corrected chi connectivity index (χ4v) is 2.18. The van der Waals surface area contributed by atoms with Gasteiger partial charge in [-0.15, -0.1) is 0 Å². The molecule has 2 atom stereocenters. The molecule has 0 saturated carbocycles. The van der Waals surface area contributed by atoms with Crippen molar-refractivity contribution in [1.82, 2.24) is 10.6 Å². The van der Waals surface area contributed by atoms with Gasteiger partial charge in [0.1, 0.15) is 0 Å². The highest BCUT2D eigenvalue weighted by Crippen LogP contribution is 2.14. The number of aliphatic carboxylic acids is 1. The first-order chi connectivity index (χ1) is 9.59. The van der Waals surface area contributed by atoms with Gasteiger partial charge in [-0.1, -0.05) is 6.92 Å². The lowest BCUT2D eigenvalue weighted by molar-refractivity contribution is -0.141. The summed E-state index contributed by atoms with van der Waals surface area (Å²) in [5.74, 6) is -1.15. The number of ether oxygens (including phenoxy) is 1. The first-order valence-electron chi connectivity index (χ1n) is 7.45. The van der Waals surface area contributed by atoms with E-state index in [9.17, 15) is 9.59 Å². The quantitative estimate of drug-likeness (QED) is 0.593. The molecule has 0 aromatic carbocycles. The second-order valence-electron chi connectivity index (χ2n) is 5.34. The molecule has 1 rings (SSSR count). The first kappa shape index (κ1) is 16.8. The number of carbonyl (C=O) groups is 2. The van der Waals surface area contributed by atoms with Crippen LogP contribution in [0.4, 0.5) is 4.79 Å². The number of hydrogen-bond donors (Lipinski definition) is 3. The van der Waals surface area contributed by atoms with Gasteiger partial charge in [-0.25, -0.2) is 4.79 Å². The Morgan fingerprint density at radius 1 is 1.30 bits per heavy atom. The highest BCUT2D eigenvalue weighted by atomic mass is 16.5. The van der Waals surface area contributed by atoms with Crippen LogP contribution in [0.1, 0.15) is 45.4 Å². The number of rotatable bonds is 8. The van der Waals surface area contributed by atoms with Gasteiger partial charge in [-0.05, 0) is 38.5 Å². The van der Waals surface area contributed by atoms with Crippen molar-refractivity contribution in [2.24, 2.45) is 5.92 Å². The summed E-state index contributed by atoms with van der Waals surface area (Å²) < 4.78 is 5.58. The molecule has 0 bridgehead atoms. The minimum absolute atomic E-state index is 0.191. The molecule has 0 aromatic rings. The lowest BCUT2D eigenvalue weighted by Crippen LogP contribution is -2.38. The number of carboxylic acid groups (broad SMARTS) is 1. The largest absolute Gasteiger partial charge is 0.481 e. The zero-order valence-electron chi connectivity index (χ0n) is 12.2. The fraction of sp³-hybridized carbons (Fsp3) is 0.857. The molecule has 2 amide bonds. The summed E-state index contributed by atoms with van der Waals surface area (Å²) in [4.78, 5) is 22.1. The zero-order chi connectivity index (χ0) is 14.8. The lowest BCUT2D eigenvalue weighted by Gasteiger charge is -2.22. The van der Waals surface area contributed by atoms with Gasteiger partial charge in [0.2, 0.25) is 0 Å². The maximum absolute atomic E-state index is 11.5. The molecule has 20 heavy (non-hydrogen) atoms. The topological polar surface area (TPSA) is 87.7 Å². The van der Waals surface area contributed by atoms with Crippen LogP contribution in [-0.2, 0) is 9.53 Å². The molecule has 0 radical (unpaired) electrons. The van der Waals surface area contributed by atoms with E-state index in [-0.39, 0.29) is 18.1 Å². The highest BCUT2D eigenvalue weighted by molar-refractivity contribution is 5.73. The second kappa shape index (κ2) is 9.58. The molecule has 1 saturated heterocycles. The van der Waals surface area contributed by atoms with E-state index >= 15 is 0 Å². The molecule has 1 heterocycles. The molecule has 6 heteroatoms. The molecule has 3 N–H and O–H groups in total.